The molecule has 6 heteroatoms. The van der Waals surface area contributed by atoms with Crippen LogP contribution in [0.4, 0.5) is 0 Å². The van der Waals surface area contributed by atoms with E-state index in [1.807, 2.05) is 19.1 Å². The first-order chi connectivity index (χ1) is 10.9. The van der Waals surface area contributed by atoms with Crippen LogP contribution >= 0.6 is 11.6 Å². The maximum atomic E-state index is 11.6. The number of benzene rings is 2. The van der Waals surface area contributed by atoms with E-state index in [0.717, 1.165) is 16.7 Å². The van der Waals surface area contributed by atoms with Crippen LogP contribution in [0, 0.1) is 6.92 Å². The molecule has 1 heterocycles. The van der Waals surface area contributed by atoms with Crippen molar-refractivity contribution in [3.05, 3.63) is 59.3 Å². The van der Waals surface area contributed by atoms with Crippen LogP contribution in [0.2, 0.25) is 5.02 Å². The second-order valence-electron chi connectivity index (χ2n) is 5.27. The van der Waals surface area contributed by atoms with Gasteiger partial charge in [0.2, 0.25) is 0 Å². The summed E-state index contributed by atoms with van der Waals surface area (Å²) in [6.45, 7) is 1.83. The summed E-state index contributed by atoms with van der Waals surface area (Å²) in [5.41, 5.74) is 3.27. The molecule has 118 valence electrons. The molecule has 0 bridgehead atoms. The standard InChI is InChI=1S/C17H14ClNO3S/c1-11-16(12-5-9-15(10-6-12)23(2,20)21)17(19-22-11)13-3-7-14(18)8-4-13/h3-10H,1-2H3. The van der Waals surface area contributed by atoms with Gasteiger partial charge in [0, 0.05) is 16.8 Å². The van der Waals surface area contributed by atoms with Gasteiger partial charge in [-0.2, -0.15) is 0 Å². The minimum Gasteiger partial charge on any atom is -0.360 e. The summed E-state index contributed by atoms with van der Waals surface area (Å²) in [4.78, 5) is 0.281. The van der Waals surface area contributed by atoms with Gasteiger partial charge in [-0.1, -0.05) is 41.0 Å². The topological polar surface area (TPSA) is 60.2 Å². The molecule has 3 rings (SSSR count). The highest BCUT2D eigenvalue weighted by atomic mass is 35.5. The predicted octanol–water partition coefficient (Wildman–Crippen LogP) is 4.37. The third-order valence-corrected chi connectivity index (χ3v) is 4.93. The number of sulfone groups is 1. The molecule has 0 aliphatic rings. The monoisotopic (exact) mass is 347 g/mol. The molecule has 0 saturated heterocycles. The Labute approximate surface area is 139 Å². The molecule has 0 unspecified atom stereocenters. The maximum absolute atomic E-state index is 11.6. The van der Waals surface area contributed by atoms with Crippen LogP contribution in [0.15, 0.2) is 57.9 Å². The van der Waals surface area contributed by atoms with Crippen LogP contribution in [-0.4, -0.2) is 19.8 Å². The van der Waals surface area contributed by atoms with Gasteiger partial charge in [-0.25, -0.2) is 8.42 Å². The van der Waals surface area contributed by atoms with Gasteiger partial charge in [0.25, 0.3) is 0 Å². The second kappa shape index (κ2) is 5.83. The van der Waals surface area contributed by atoms with E-state index in [0.29, 0.717) is 16.5 Å². The van der Waals surface area contributed by atoms with E-state index in [1.54, 1.807) is 36.4 Å². The lowest BCUT2D eigenvalue weighted by atomic mass is 10.00. The lowest BCUT2D eigenvalue weighted by Gasteiger charge is -2.05. The molecule has 0 aliphatic heterocycles. The average molecular weight is 348 g/mol. The molecule has 0 radical (unpaired) electrons. The largest absolute Gasteiger partial charge is 0.360 e. The first-order valence-corrected chi connectivity index (χ1v) is 9.16. The summed E-state index contributed by atoms with van der Waals surface area (Å²) < 4.78 is 28.5. The summed E-state index contributed by atoms with van der Waals surface area (Å²) in [5.74, 6) is 0.669. The Morgan fingerprint density at radius 2 is 1.52 bits per heavy atom. The Balaban J connectivity index is 2.10. The van der Waals surface area contributed by atoms with E-state index < -0.39 is 9.84 Å². The van der Waals surface area contributed by atoms with Gasteiger partial charge in [0.05, 0.1) is 10.5 Å². The minimum atomic E-state index is -3.22. The van der Waals surface area contributed by atoms with Gasteiger partial charge in [-0.15, -0.1) is 0 Å². The average Bonchev–Trinajstić information content (AvgIpc) is 2.89. The molecule has 23 heavy (non-hydrogen) atoms. The zero-order valence-electron chi connectivity index (χ0n) is 12.6. The van der Waals surface area contributed by atoms with Gasteiger partial charge in [0.15, 0.2) is 9.84 Å². The SMILES string of the molecule is Cc1onc(-c2ccc(Cl)cc2)c1-c1ccc(S(C)(=O)=O)cc1. The fraction of sp³-hybridized carbons (Fsp3) is 0.118. The van der Waals surface area contributed by atoms with E-state index in [2.05, 4.69) is 5.16 Å². The molecular formula is C17H14ClNO3S. The number of rotatable bonds is 3. The van der Waals surface area contributed by atoms with Crippen LogP contribution in [0.25, 0.3) is 22.4 Å². The minimum absolute atomic E-state index is 0.281. The predicted molar refractivity (Wildman–Crippen MR) is 90.2 cm³/mol. The molecule has 0 fully saturated rings. The van der Waals surface area contributed by atoms with E-state index in [1.165, 1.54) is 6.26 Å². The van der Waals surface area contributed by atoms with Gasteiger partial charge >= 0.3 is 0 Å². The van der Waals surface area contributed by atoms with Gasteiger partial charge in [-0.3, -0.25) is 0 Å². The van der Waals surface area contributed by atoms with E-state index >= 15 is 0 Å². The number of hydrogen-bond donors (Lipinski definition) is 0. The normalized spacial score (nSPS) is 11.6. The first kappa shape index (κ1) is 15.8. The summed E-state index contributed by atoms with van der Waals surface area (Å²) in [7, 11) is -3.22. The molecule has 0 amide bonds. The van der Waals surface area contributed by atoms with Gasteiger partial charge < -0.3 is 4.52 Å². The molecule has 0 atom stereocenters. The third kappa shape index (κ3) is 3.16. The van der Waals surface area contributed by atoms with Crippen molar-refractivity contribution in [2.24, 2.45) is 0 Å². The highest BCUT2D eigenvalue weighted by molar-refractivity contribution is 7.90. The number of nitrogens with zero attached hydrogens (tertiary/aromatic N) is 1. The number of aromatic nitrogens is 1. The summed E-state index contributed by atoms with van der Waals surface area (Å²) in [6.07, 6.45) is 1.19. The third-order valence-electron chi connectivity index (χ3n) is 3.55. The second-order valence-corrected chi connectivity index (χ2v) is 7.72. The van der Waals surface area contributed by atoms with Crippen molar-refractivity contribution in [2.45, 2.75) is 11.8 Å². The lowest BCUT2D eigenvalue weighted by Crippen LogP contribution is -1.96. The zero-order valence-corrected chi connectivity index (χ0v) is 14.1. The highest BCUT2D eigenvalue weighted by Crippen LogP contribution is 2.35. The molecule has 0 aliphatic carbocycles. The zero-order chi connectivity index (χ0) is 16.6. The van der Waals surface area contributed by atoms with Gasteiger partial charge in [-0.05, 0) is 36.8 Å². The Morgan fingerprint density at radius 3 is 2.09 bits per heavy atom. The van der Waals surface area contributed by atoms with E-state index in [9.17, 15) is 8.42 Å². The molecule has 2 aromatic carbocycles. The Kier molecular flexibility index (Phi) is 4.00. The number of halogens is 1. The van der Waals surface area contributed by atoms with Crippen molar-refractivity contribution in [3.8, 4) is 22.4 Å². The lowest BCUT2D eigenvalue weighted by molar-refractivity contribution is 0.400. The van der Waals surface area contributed by atoms with Crippen LogP contribution in [0.3, 0.4) is 0 Å². The van der Waals surface area contributed by atoms with E-state index in [4.69, 9.17) is 16.1 Å². The number of hydrogen-bond acceptors (Lipinski definition) is 4. The molecule has 0 N–H and O–H groups in total. The fourth-order valence-electron chi connectivity index (χ4n) is 2.39. The molecule has 0 spiro atoms. The smallest absolute Gasteiger partial charge is 0.175 e. The molecular weight excluding hydrogens is 334 g/mol. The summed E-state index contributed by atoms with van der Waals surface area (Å²) >= 11 is 5.92. The Morgan fingerprint density at radius 1 is 0.957 bits per heavy atom. The van der Waals surface area contributed by atoms with Crippen LogP contribution in [-0.2, 0) is 9.84 Å². The maximum Gasteiger partial charge on any atom is 0.175 e. The number of aryl methyl sites for hydroxylation is 1. The van der Waals surface area contributed by atoms with Crippen molar-refractivity contribution in [2.75, 3.05) is 6.26 Å². The van der Waals surface area contributed by atoms with Crippen molar-refractivity contribution in [3.63, 3.8) is 0 Å². The summed E-state index contributed by atoms with van der Waals surface area (Å²) in [6, 6.07) is 14.0. The summed E-state index contributed by atoms with van der Waals surface area (Å²) in [5, 5.41) is 4.77. The fourth-order valence-corrected chi connectivity index (χ4v) is 3.14. The molecule has 4 nitrogen and oxygen atoms in total. The van der Waals surface area contributed by atoms with Crippen LogP contribution in [0.5, 0.6) is 0 Å². The van der Waals surface area contributed by atoms with Crippen molar-refractivity contribution in [1.82, 2.24) is 5.16 Å². The van der Waals surface area contributed by atoms with Crippen LogP contribution in [0.1, 0.15) is 5.76 Å². The van der Waals surface area contributed by atoms with Gasteiger partial charge in [0.1, 0.15) is 11.5 Å². The quantitative estimate of drug-likeness (QED) is 0.705. The van der Waals surface area contributed by atoms with Crippen LogP contribution < -0.4 is 0 Å². The van der Waals surface area contributed by atoms with Crippen molar-refractivity contribution < 1.29 is 12.9 Å². The van der Waals surface area contributed by atoms with Crippen molar-refractivity contribution in [1.29, 1.82) is 0 Å². The molecule has 1 aromatic heterocycles. The molecule has 3 aromatic rings. The highest BCUT2D eigenvalue weighted by Gasteiger charge is 2.17. The van der Waals surface area contributed by atoms with Crippen molar-refractivity contribution >= 4 is 21.4 Å². The first-order valence-electron chi connectivity index (χ1n) is 6.89. The van der Waals surface area contributed by atoms with E-state index in [-0.39, 0.29) is 4.90 Å². The molecule has 0 saturated carbocycles. The Bertz CT molecular complexity index is 943. The Hall–Kier alpha value is -2.11.